The molecular formula is C13H18O5. The Kier molecular flexibility index (Phi) is 5.94. The van der Waals surface area contributed by atoms with Gasteiger partial charge in [-0.15, -0.1) is 0 Å². The van der Waals surface area contributed by atoms with Crippen LogP contribution in [0.4, 0.5) is 0 Å². The minimum Gasteiger partial charge on any atom is -0.394 e. The van der Waals surface area contributed by atoms with Crippen molar-refractivity contribution in [1.29, 1.82) is 0 Å². The summed E-state index contributed by atoms with van der Waals surface area (Å²) in [5.74, 6) is 0. The van der Waals surface area contributed by atoms with Crippen LogP contribution >= 0.6 is 0 Å². The molecule has 0 radical (unpaired) electrons. The Morgan fingerprint density at radius 2 is 2.17 bits per heavy atom. The summed E-state index contributed by atoms with van der Waals surface area (Å²) >= 11 is 0. The van der Waals surface area contributed by atoms with Crippen LogP contribution in [-0.4, -0.2) is 52.6 Å². The van der Waals surface area contributed by atoms with Crippen LogP contribution in [-0.2, 0) is 9.53 Å². The Balaban J connectivity index is 2.48. The first-order valence-electron chi connectivity index (χ1n) is 5.72. The summed E-state index contributed by atoms with van der Waals surface area (Å²) in [5.41, 5.74) is 0.464. The van der Waals surface area contributed by atoms with Crippen LogP contribution in [0.3, 0.4) is 0 Å². The molecule has 0 aromatic carbocycles. The van der Waals surface area contributed by atoms with Gasteiger partial charge in [-0.3, -0.25) is 4.79 Å². The maximum Gasteiger partial charge on any atom is 0.150 e. The summed E-state index contributed by atoms with van der Waals surface area (Å²) < 4.78 is 4.96. The van der Waals surface area contributed by atoms with Gasteiger partial charge in [0, 0.05) is 5.57 Å². The van der Waals surface area contributed by atoms with Crippen LogP contribution in [0.25, 0.3) is 0 Å². The highest BCUT2D eigenvalue weighted by atomic mass is 16.6. The van der Waals surface area contributed by atoms with E-state index >= 15 is 0 Å². The summed E-state index contributed by atoms with van der Waals surface area (Å²) in [5, 5.41) is 28.0. The number of carbonyl (C=O) groups is 1. The number of aliphatic hydroxyl groups is 3. The van der Waals surface area contributed by atoms with Crippen molar-refractivity contribution in [2.75, 3.05) is 6.61 Å². The molecule has 3 N–H and O–H groups in total. The van der Waals surface area contributed by atoms with Gasteiger partial charge < -0.3 is 20.1 Å². The Bertz CT molecular complexity index is 358. The average Bonchev–Trinajstić information content (AvgIpc) is 3.16. The second-order valence-corrected chi connectivity index (χ2v) is 3.97. The van der Waals surface area contributed by atoms with Gasteiger partial charge in [-0.1, -0.05) is 30.4 Å². The largest absolute Gasteiger partial charge is 0.394 e. The molecule has 1 heterocycles. The number of aldehydes is 1. The second-order valence-electron chi connectivity index (χ2n) is 3.97. The Hall–Kier alpha value is -1.27. The minimum atomic E-state index is -1.10. The molecule has 18 heavy (non-hydrogen) atoms. The van der Waals surface area contributed by atoms with E-state index in [-0.39, 0.29) is 6.61 Å². The molecular weight excluding hydrogens is 236 g/mol. The van der Waals surface area contributed by atoms with Crippen molar-refractivity contribution in [3.05, 3.63) is 36.0 Å². The molecule has 5 nitrogen and oxygen atoms in total. The number of ether oxygens (including phenoxy) is 1. The van der Waals surface area contributed by atoms with Crippen LogP contribution < -0.4 is 0 Å². The van der Waals surface area contributed by atoms with E-state index in [2.05, 4.69) is 0 Å². The van der Waals surface area contributed by atoms with E-state index in [1.807, 2.05) is 0 Å². The molecule has 1 aliphatic heterocycles. The topological polar surface area (TPSA) is 90.3 Å². The normalized spacial score (nSPS) is 27.7. The lowest BCUT2D eigenvalue weighted by molar-refractivity contribution is -0.104. The molecule has 1 rings (SSSR count). The molecule has 0 bridgehead atoms. The van der Waals surface area contributed by atoms with E-state index in [0.29, 0.717) is 11.9 Å². The van der Waals surface area contributed by atoms with E-state index in [9.17, 15) is 15.0 Å². The maximum absolute atomic E-state index is 10.6. The van der Waals surface area contributed by atoms with Crippen molar-refractivity contribution < 1.29 is 24.9 Å². The van der Waals surface area contributed by atoms with Crippen LogP contribution in [0.15, 0.2) is 36.0 Å². The predicted molar refractivity (Wildman–Crippen MR) is 65.9 cm³/mol. The van der Waals surface area contributed by atoms with Gasteiger partial charge in [-0.2, -0.15) is 0 Å². The highest BCUT2D eigenvalue weighted by Gasteiger charge is 2.45. The third-order valence-corrected chi connectivity index (χ3v) is 2.58. The third kappa shape index (κ3) is 4.19. The molecule has 0 amide bonds. The fourth-order valence-corrected chi connectivity index (χ4v) is 1.52. The maximum atomic E-state index is 10.6. The zero-order valence-electron chi connectivity index (χ0n) is 10.1. The third-order valence-electron chi connectivity index (χ3n) is 2.58. The fraction of sp³-hybridized carbons (Fsp3) is 0.462. The van der Waals surface area contributed by atoms with Gasteiger partial charge in [0.05, 0.1) is 6.61 Å². The summed E-state index contributed by atoms with van der Waals surface area (Å²) in [6.45, 7) is 1.62. The summed E-state index contributed by atoms with van der Waals surface area (Å²) in [4.78, 5) is 10.6. The van der Waals surface area contributed by atoms with E-state index in [4.69, 9.17) is 9.84 Å². The lowest BCUT2D eigenvalue weighted by Crippen LogP contribution is -2.30. The van der Waals surface area contributed by atoms with Gasteiger partial charge in [0.25, 0.3) is 0 Å². The van der Waals surface area contributed by atoms with E-state index < -0.39 is 24.4 Å². The van der Waals surface area contributed by atoms with E-state index in [1.54, 1.807) is 19.1 Å². The number of hydrogen-bond donors (Lipinski definition) is 3. The molecule has 1 fully saturated rings. The van der Waals surface area contributed by atoms with Crippen LogP contribution in [0, 0.1) is 0 Å². The summed E-state index contributed by atoms with van der Waals surface area (Å²) in [6.07, 6.45) is 5.34. The fourth-order valence-electron chi connectivity index (χ4n) is 1.52. The van der Waals surface area contributed by atoms with Crippen molar-refractivity contribution >= 4 is 6.29 Å². The molecule has 2 unspecified atom stereocenters. The Labute approximate surface area is 106 Å². The molecule has 5 heteroatoms. The van der Waals surface area contributed by atoms with Crippen LogP contribution in [0.5, 0.6) is 0 Å². The second kappa shape index (κ2) is 7.23. The van der Waals surface area contributed by atoms with Crippen molar-refractivity contribution in [3.63, 3.8) is 0 Å². The van der Waals surface area contributed by atoms with Crippen LogP contribution in [0.2, 0.25) is 0 Å². The van der Waals surface area contributed by atoms with Crippen molar-refractivity contribution in [3.8, 4) is 0 Å². The predicted octanol–water partition coefficient (Wildman–Crippen LogP) is -0.275. The lowest BCUT2D eigenvalue weighted by atomic mass is 10.1. The molecule has 100 valence electrons. The number of allylic oxidation sites excluding steroid dienone is 5. The summed E-state index contributed by atoms with van der Waals surface area (Å²) in [6, 6.07) is 0. The number of carbonyl (C=O) groups excluding carboxylic acids is 1. The van der Waals surface area contributed by atoms with E-state index in [0.717, 1.165) is 0 Å². The first-order chi connectivity index (χ1) is 8.63. The first kappa shape index (κ1) is 14.8. The lowest BCUT2D eigenvalue weighted by Gasteiger charge is -2.11. The van der Waals surface area contributed by atoms with Gasteiger partial charge in [-0.25, -0.2) is 0 Å². The molecule has 0 aromatic rings. The van der Waals surface area contributed by atoms with Crippen molar-refractivity contribution in [2.24, 2.45) is 0 Å². The quantitative estimate of drug-likeness (QED) is 0.252. The van der Waals surface area contributed by atoms with E-state index in [1.165, 1.54) is 18.2 Å². The first-order valence-corrected chi connectivity index (χ1v) is 5.72. The Morgan fingerprint density at radius 3 is 2.67 bits per heavy atom. The minimum absolute atomic E-state index is 0.172. The zero-order valence-corrected chi connectivity index (χ0v) is 10.1. The van der Waals surface area contributed by atoms with Crippen LogP contribution in [0.1, 0.15) is 6.92 Å². The average molecular weight is 254 g/mol. The van der Waals surface area contributed by atoms with Gasteiger partial charge >= 0.3 is 0 Å². The zero-order chi connectivity index (χ0) is 13.5. The Morgan fingerprint density at radius 1 is 1.44 bits per heavy atom. The van der Waals surface area contributed by atoms with Gasteiger partial charge in [-0.05, 0) is 6.92 Å². The van der Waals surface area contributed by atoms with Gasteiger partial charge in [0.15, 0.2) is 0 Å². The number of epoxide rings is 1. The monoisotopic (exact) mass is 254 g/mol. The number of rotatable bonds is 7. The number of hydrogen-bond acceptors (Lipinski definition) is 5. The molecule has 1 saturated heterocycles. The van der Waals surface area contributed by atoms with Crippen molar-refractivity contribution in [1.82, 2.24) is 0 Å². The standard InChI is InChI=1S/C13H18O5/c1-2-4-9(7-14)5-3-6-10(16)12(17)13-11(8-15)18-13/h2-7,10-13,15-17H,8H2,1H3/b4-2+,6-3+,9-5+/t10?,11-,12?,13+/m0/s1. The molecule has 0 aliphatic carbocycles. The number of aliphatic hydroxyl groups excluding tert-OH is 3. The smallest absolute Gasteiger partial charge is 0.150 e. The molecule has 1 aliphatic rings. The highest BCUT2D eigenvalue weighted by Crippen LogP contribution is 2.26. The van der Waals surface area contributed by atoms with Gasteiger partial charge in [0.1, 0.15) is 30.7 Å². The molecule has 0 saturated carbocycles. The molecule has 0 spiro atoms. The van der Waals surface area contributed by atoms with Gasteiger partial charge in [0.2, 0.25) is 0 Å². The SMILES string of the molecule is C/C=C/C(C=O)=C\C=C\C(O)C(O)[C@@H]1O[C@H]1CO. The highest BCUT2D eigenvalue weighted by molar-refractivity contribution is 5.77. The molecule has 4 atom stereocenters. The van der Waals surface area contributed by atoms with Crippen molar-refractivity contribution in [2.45, 2.75) is 31.3 Å². The molecule has 0 aromatic heterocycles. The summed E-state index contributed by atoms with van der Waals surface area (Å²) in [7, 11) is 0.